The SMILES string of the molecule is CCN(Cc1ccccc1N)c1nncc2ccccc12. The van der Waals surface area contributed by atoms with Crippen molar-refractivity contribution in [3.63, 3.8) is 0 Å². The molecule has 2 N–H and O–H groups in total. The van der Waals surface area contributed by atoms with Gasteiger partial charge in [0.05, 0.1) is 6.20 Å². The minimum absolute atomic E-state index is 0.728. The Morgan fingerprint density at radius 1 is 1.05 bits per heavy atom. The third-order valence-electron chi connectivity index (χ3n) is 3.65. The van der Waals surface area contributed by atoms with Gasteiger partial charge >= 0.3 is 0 Å². The predicted molar refractivity (Wildman–Crippen MR) is 87.1 cm³/mol. The van der Waals surface area contributed by atoms with E-state index in [1.165, 1.54) is 0 Å². The van der Waals surface area contributed by atoms with Crippen molar-refractivity contribution >= 4 is 22.3 Å². The first kappa shape index (κ1) is 13.4. The lowest BCUT2D eigenvalue weighted by molar-refractivity contribution is 0.804. The first-order valence-electron chi connectivity index (χ1n) is 7.08. The van der Waals surface area contributed by atoms with E-state index in [1.54, 1.807) is 6.20 Å². The first-order chi connectivity index (χ1) is 10.3. The van der Waals surface area contributed by atoms with Crippen LogP contribution in [-0.2, 0) is 6.54 Å². The molecule has 0 amide bonds. The van der Waals surface area contributed by atoms with Crippen LogP contribution in [0.2, 0.25) is 0 Å². The maximum Gasteiger partial charge on any atom is 0.159 e. The summed E-state index contributed by atoms with van der Waals surface area (Å²) in [5.41, 5.74) is 7.97. The molecule has 2 aromatic carbocycles. The van der Waals surface area contributed by atoms with Gasteiger partial charge in [-0.1, -0.05) is 42.5 Å². The van der Waals surface area contributed by atoms with Crippen molar-refractivity contribution < 1.29 is 0 Å². The molecule has 1 heterocycles. The van der Waals surface area contributed by atoms with E-state index in [-0.39, 0.29) is 0 Å². The number of benzene rings is 2. The van der Waals surface area contributed by atoms with Crippen LogP contribution in [0.4, 0.5) is 11.5 Å². The number of nitrogens with two attached hydrogens (primary N) is 1. The fourth-order valence-corrected chi connectivity index (χ4v) is 2.47. The summed E-state index contributed by atoms with van der Waals surface area (Å²) in [5, 5.41) is 10.7. The summed E-state index contributed by atoms with van der Waals surface area (Å²) in [5.74, 6) is 0.902. The number of hydrogen-bond acceptors (Lipinski definition) is 4. The Morgan fingerprint density at radius 3 is 2.62 bits per heavy atom. The largest absolute Gasteiger partial charge is 0.398 e. The van der Waals surface area contributed by atoms with Crippen LogP contribution in [0, 0.1) is 0 Å². The molecule has 0 bridgehead atoms. The van der Waals surface area contributed by atoms with Gasteiger partial charge in [-0.15, -0.1) is 5.10 Å². The van der Waals surface area contributed by atoms with Crippen molar-refractivity contribution in [2.75, 3.05) is 17.2 Å². The maximum absolute atomic E-state index is 6.05. The van der Waals surface area contributed by atoms with Crippen LogP contribution in [0.1, 0.15) is 12.5 Å². The van der Waals surface area contributed by atoms with Crippen LogP contribution in [-0.4, -0.2) is 16.7 Å². The van der Waals surface area contributed by atoms with E-state index in [0.29, 0.717) is 0 Å². The molecule has 0 fully saturated rings. The van der Waals surface area contributed by atoms with Gasteiger partial charge in [0.1, 0.15) is 0 Å². The normalized spacial score (nSPS) is 10.7. The highest BCUT2D eigenvalue weighted by molar-refractivity contribution is 5.91. The average Bonchev–Trinajstić information content (AvgIpc) is 2.54. The highest BCUT2D eigenvalue weighted by Gasteiger charge is 2.12. The molecule has 21 heavy (non-hydrogen) atoms. The van der Waals surface area contributed by atoms with Gasteiger partial charge in [0, 0.05) is 29.5 Å². The number of hydrogen-bond donors (Lipinski definition) is 1. The highest BCUT2D eigenvalue weighted by atomic mass is 15.3. The fourth-order valence-electron chi connectivity index (χ4n) is 2.47. The van der Waals surface area contributed by atoms with Gasteiger partial charge in [-0.25, -0.2) is 0 Å². The van der Waals surface area contributed by atoms with E-state index in [0.717, 1.165) is 40.9 Å². The van der Waals surface area contributed by atoms with Crippen LogP contribution in [0.5, 0.6) is 0 Å². The Kier molecular flexibility index (Phi) is 3.69. The maximum atomic E-state index is 6.05. The number of nitrogen functional groups attached to an aromatic ring is 1. The summed E-state index contributed by atoms with van der Waals surface area (Å²) in [4.78, 5) is 2.20. The van der Waals surface area contributed by atoms with Crippen LogP contribution in [0.3, 0.4) is 0 Å². The van der Waals surface area contributed by atoms with Crippen molar-refractivity contribution in [1.29, 1.82) is 0 Å². The van der Waals surface area contributed by atoms with Gasteiger partial charge in [0.25, 0.3) is 0 Å². The second-order valence-electron chi connectivity index (χ2n) is 4.97. The topological polar surface area (TPSA) is 55.0 Å². The lowest BCUT2D eigenvalue weighted by atomic mass is 10.1. The number of fused-ring (bicyclic) bond motifs is 1. The molecule has 106 valence electrons. The predicted octanol–water partition coefficient (Wildman–Crippen LogP) is 3.24. The number of aromatic nitrogens is 2. The quantitative estimate of drug-likeness (QED) is 0.744. The van der Waals surface area contributed by atoms with Gasteiger partial charge in [-0.3, -0.25) is 0 Å². The summed E-state index contributed by atoms with van der Waals surface area (Å²) in [6.45, 7) is 3.69. The molecule has 4 nitrogen and oxygen atoms in total. The number of anilines is 2. The molecule has 1 aromatic heterocycles. The molecular weight excluding hydrogens is 260 g/mol. The smallest absolute Gasteiger partial charge is 0.159 e. The van der Waals surface area contributed by atoms with Crippen LogP contribution < -0.4 is 10.6 Å². The van der Waals surface area contributed by atoms with E-state index in [4.69, 9.17) is 5.73 Å². The molecule has 3 rings (SSSR count). The van der Waals surface area contributed by atoms with Gasteiger partial charge in [-0.05, 0) is 18.6 Å². The lowest BCUT2D eigenvalue weighted by Crippen LogP contribution is -2.24. The second kappa shape index (κ2) is 5.79. The van der Waals surface area contributed by atoms with Gasteiger partial charge < -0.3 is 10.6 Å². The third kappa shape index (κ3) is 2.65. The van der Waals surface area contributed by atoms with E-state index in [1.807, 2.05) is 30.3 Å². The minimum Gasteiger partial charge on any atom is -0.398 e. The summed E-state index contributed by atoms with van der Waals surface area (Å²) >= 11 is 0. The molecule has 0 unspecified atom stereocenters. The Morgan fingerprint density at radius 2 is 1.81 bits per heavy atom. The molecule has 0 aliphatic heterocycles. The van der Waals surface area contributed by atoms with Gasteiger partial charge in [0.2, 0.25) is 0 Å². The molecular formula is C17H18N4. The van der Waals surface area contributed by atoms with Crippen molar-refractivity contribution in [3.05, 3.63) is 60.3 Å². The summed E-state index contributed by atoms with van der Waals surface area (Å²) < 4.78 is 0. The minimum atomic E-state index is 0.728. The second-order valence-corrected chi connectivity index (χ2v) is 4.97. The zero-order chi connectivity index (χ0) is 14.7. The fraction of sp³-hybridized carbons (Fsp3) is 0.176. The molecule has 0 spiro atoms. The van der Waals surface area contributed by atoms with E-state index in [9.17, 15) is 0 Å². The van der Waals surface area contributed by atoms with Crippen molar-refractivity contribution in [2.45, 2.75) is 13.5 Å². The molecule has 0 radical (unpaired) electrons. The summed E-state index contributed by atoms with van der Waals surface area (Å²) in [6.07, 6.45) is 1.80. The van der Waals surface area contributed by atoms with Crippen molar-refractivity contribution in [3.8, 4) is 0 Å². The van der Waals surface area contributed by atoms with Crippen LogP contribution in [0.15, 0.2) is 54.7 Å². The zero-order valence-electron chi connectivity index (χ0n) is 12.0. The Bertz CT molecular complexity index is 749. The lowest BCUT2D eigenvalue weighted by Gasteiger charge is -2.23. The average molecular weight is 278 g/mol. The van der Waals surface area contributed by atoms with Crippen molar-refractivity contribution in [1.82, 2.24) is 10.2 Å². The van der Waals surface area contributed by atoms with Gasteiger partial charge in [-0.2, -0.15) is 5.10 Å². The van der Waals surface area contributed by atoms with Crippen LogP contribution >= 0.6 is 0 Å². The highest BCUT2D eigenvalue weighted by Crippen LogP contribution is 2.25. The third-order valence-corrected chi connectivity index (χ3v) is 3.65. The summed E-state index contributed by atoms with van der Waals surface area (Å²) in [7, 11) is 0. The van der Waals surface area contributed by atoms with Crippen LogP contribution in [0.25, 0.3) is 10.8 Å². The molecule has 0 aliphatic carbocycles. The molecule has 0 saturated carbocycles. The molecule has 0 saturated heterocycles. The Balaban J connectivity index is 2.01. The number of nitrogens with zero attached hydrogens (tertiary/aromatic N) is 3. The Hall–Kier alpha value is -2.62. The Labute approximate surface area is 124 Å². The van der Waals surface area contributed by atoms with E-state index in [2.05, 4.69) is 40.2 Å². The molecule has 4 heteroatoms. The van der Waals surface area contributed by atoms with Crippen molar-refractivity contribution in [2.24, 2.45) is 0 Å². The standard InChI is InChI=1S/C17H18N4/c1-2-21(12-14-8-4-6-10-16(14)18)17-15-9-5-3-7-13(15)11-19-20-17/h3-11H,2,12,18H2,1H3. The van der Waals surface area contributed by atoms with E-state index < -0.39 is 0 Å². The monoisotopic (exact) mass is 278 g/mol. The molecule has 3 aromatic rings. The van der Waals surface area contributed by atoms with Gasteiger partial charge in [0.15, 0.2) is 5.82 Å². The molecule has 0 aliphatic rings. The van der Waals surface area contributed by atoms with E-state index >= 15 is 0 Å². The molecule has 0 atom stereocenters. The number of para-hydroxylation sites is 1. The number of rotatable bonds is 4. The first-order valence-corrected chi connectivity index (χ1v) is 7.08. The zero-order valence-corrected chi connectivity index (χ0v) is 12.0. The summed E-state index contributed by atoms with van der Waals surface area (Å²) in [6, 6.07) is 16.1.